The van der Waals surface area contributed by atoms with E-state index >= 15 is 0 Å². The summed E-state index contributed by atoms with van der Waals surface area (Å²) in [4.78, 5) is 12.7. The lowest BCUT2D eigenvalue weighted by Gasteiger charge is -2.17. The van der Waals surface area contributed by atoms with Crippen molar-refractivity contribution < 1.29 is 4.79 Å². The van der Waals surface area contributed by atoms with Crippen molar-refractivity contribution in [3.63, 3.8) is 0 Å². The predicted octanol–water partition coefficient (Wildman–Crippen LogP) is 6.33. The quantitative estimate of drug-likeness (QED) is 0.436. The van der Waals surface area contributed by atoms with Crippen LogP contribution in [0.4, 0.5) is 11.4 Å². The van der Waals surface area contributed by atoms with Crippen molar-refractivity contribution >= 4 is 49.1 Å². The Morgan fingerprint density at radius 3 is 1.88 bits per heavy atom. The highest BCUT2D eigenvalue weighted by Crippen LogP contribution is 2.40. The second kappa shape index (κ2) is 7.64. The normalized spacial score (nSPS) is 10.6. The standard InChI is InChI=1S/C21H18Br2N2O/c1-12-17(22)19(24)18(23)13(2)20(12)25-21(26)16-10-8-15(9-11-16)14-6-4-3-5-7-14/h3-11H,24H2,1-2H3,(H,25,26). The Kier molecular flexibility index (Phi) is 5.49. The Bertz CT molecular complexity index is 939. The number of anilines is 2. The van der Waals surface area contributed by atoms with Gasteiger partial charge in [0, 0.05) is 20.2 Å². The second-order valence-electron chi connectivity index (χ2n) is 6.06. The van der Waals surface area contributed by atoms with E-state index in [2.05, 4.69) is 37.2 Å². The van der Waals surface area contributed by atoms with Crippen LogP contribution in [0, 0.1) is 13.8 Å². The minimum atomic E-state index is -0.153. The molecule has 1 amide bonds. The molecule has 0 atom stereocenters. The number of carbonyl (C=O) groups excluding carboxylic acids is 1. The number of benzene rings is 3. The van der Waals surface area contributed by atoms with Gasteiger partial charge in [-0.2, -0.15) is 0 Å². The summed E-state index contributed by atoms with van der Waals surface area (Å²) in [7, 11) is 0. The van der Waals surface area contributed by atoms with Gasteiger partial charge in [0.05, 0.1) is 5.69 Å². The van der Waals surface area contributed by atoms with E-state index in [1.54, 1.807) is 0 Å². The van der Waals surface area contributed by atoms with Crippen LogP contribution in [0.25, 0.3) is 11.1 Å². The Balaban J connectivity index is 1.88. The van der Waals surface area contributed by atoms with Crippen LogP contribution >= 0.6 is 31.9 Å². The molecule has 3 rings (SSSR count). The number of amides is 1. The first-order valence-electron chi connectivity index (χ1n) is 8.10. The van der Waals surface area contributed by atoms with E-state index in [-0.39, 0.29) is 5.91 Å². The fourth-order valence-corrected chi connectivity index (χ4v) is 3.88. The molecule has 0 aliphatic carbocycles. The number of nitrogens with one attached hydrogen (secondary N) is 1. The molecule has 3 N–H and O–H groups in total. The van der Waals surface area contributed by atoms with Gasteiger partial charge in [-0.3, -0.25) is 4.79 Å². The summed E-state index contributed by atoms with van der Waals surface area (Å²) < 4.78 is 1.56. The van der Waals surface area contributed by atoms with Crippen LogP contribution in [0.3, 0.4) is 0 Å². The zero-order valence-corrected chi connectivity index (χ0v) is 17.6. The largest absolute Gasteiger partial charge is 0.397 e. The highest BCUT2D eigenvalue weighted by Gasteiger charge is 2.17. The SMILES string of the molecule is Cc1c(Br)c(N)c(Br)c(C)c1NC(=O)c1ccc(-c2ccccc2)cc1. The summed E-state index contributed by atoms with van der Waals surface area (Å²) in [6, 6.07) is 17.7. The van der Waals surface area contributed by atoms with Crippen LogP contribution in [0.5, 0.6) is 0 Å². The molecule has 132 valence electrons. The van der Waals surface area contributed by atoms with Gasteiger partial charge < -0.3 is 11.1 Å². The average molecular weight is 474 g/mol. The van der Waals surface area contributed by atoms with Gasteiger partial charge in [0.25, 0.3) is 5.91 Å². The first-order chi connectivity index (χ1) is 12.4. The lowest BCUT2D eigenvalue weighted by Crippen LogP contribution is -2.14. The van der Waals surface area contributed by atoms with Crippen LogP contribution in [-0.4, -0.2) is 5.91 Å². The molecule has 0 saturated heterocycles. The Morgan fingerprint density at radius 1 is 0.846 bits per heavy atom. The number of hydrogen-bond acceptors (Lipinski definition) is 2. The molecule has 0 bridgehead atoms. The Labute approximate surface area is 169 Å². The zero-order chi connectivity index (χ0) is 18.8. The third kappa shape index (κ3) is 3.55. The number of rotatable bonds is 3. The topological polar surface area (TPSA) is 55.1 Å². The summed E-state index contributed by atoms with van der Waals surface area (Å²) in [5.74, 6) is -0.153. The van der Waals surface area contributed by atoms with E-state index in [9.17, 15) is 4.79 Å². The first-order valence-corrected chi connectivity index (χ1v) is 9.69. The molecule has 0 heterocycles. The van der Waals surface area contributed by atoms with Crippen molar-refractivity contribution in [1.82, 2.24) is 0 Å². The minimum absolute atomic E-state index is 0.153. The predicted molar refractivity (Wildman–Crippen MR) is 116 cm³/mol. The van der Waals surface area contributed by atoms with Crippen LogP contribution < -0.4 is 11.1 Å². The molecular formula is C21H18Br2N2O. The number of nitrogen functional groups attached to an aromatic ring is 1. The summed E-state index contributed by atoms with van der Waals surface area (Å²) in [5.41, 5.74) is 12.1. The molecule has 0 spiro atoms. The van der Waals surface area contributed by atoms with Gasteiger partial charge in [-0.25, -0.2) is 0 Å². The van der Waals surface area contributed by atoms with Gasteiger partial charge >= 0.3 is 0 Å². The Hall–Kier alpha value is -2.11. The van der Waals surface area contributed by atoms with E-state index in [0.29, 0.717) is 11.3 Å². The van der Waals surface area contributed by atoms with Crippen molar-refractivity contribution in [2.75, 3.05) is 11.1 Å². The number of hydrogen-bond donors (Lipinski definition) is 2. The summed E-state index contributed by atoms with van der Waals surface area (Å²) in [6.07, 6.45) is 0. The molecule has 0 saturated carbocycles. The maximum Gasteiger partial charge on any atom is 0.255 e. The van der Waals surface area contributed by atoms with E-state index in [0.717, 1.165) is 36.9 Å². The molecule has 0 aromatic heterocycles. The molecule has 0 unspecified atom stereocenters. The number of carbonyl (C=O) groups is 1. The molecule has 3 aromatic carbocycles. The fraction of sp³-hybridized carbons (Fsp3) is 0.0952. The van der Waals surface area contributed by atoms with Crippen LogP contribution in [-0.2, 0) is 0 Å². The van der Waals surface area contributed by atoms with Crippen LogP contribution in [0.2, 0.25) is 0 Å². The molecule has 0 aliphatic heterocycles. The van der Waals surface area contributed by atoms with Gasteiger partial charge in [-0.15, -0.1) is 0 Å². The van der Waals surface area contributed by atoms with Crippen molar-refractivity contribution in [2.24, 2.45) is 0 Å². The number of nitrogens with two attached hydrogens (primary N) is 1. The van der Waals surface area contributed by atoms with Crippen molar-refractivity contribution in [1.29, 1.82) is 0 Å². The van der Waals surface area contributed by atoms with Crippen LogP contribution in [0.1, 0.15) is 21.5 Å². The van der Waals surface area contributed by atoms with Gasteiger partial charge in [-0.1, -0.05) is 42.5 Å². The minimum Gasteiger partial charge on any atom is -0.397 e. The molecule has 3 nitrogen and oxygen atoms in total. The number of halogens is 2. The smallest absolute Gasteiger partial charge is 0.255 e. The second-order valence-corrected chi connectivity index (χ2v) is 7.65. The van der Waals surface area contributed by atoms with Crippen molar-refractivity contribution in [2.45, 2.75) is 13.8 Å². The average Bonchev–Trinajstić information content (AvgIpc) is 2.69. The maximum atomic E-state index is 12.7. The first kappa shape index (κ1) is 18.7. The van der Waals surface area contributed by atoms with Crippen molar-refractivity contribution in [3.8, 4) is 11.1 Å². The van der Waals surface area contributed by atoms with E-state index in [1.165, 1.54) is 0 Å². The van der Waals surface area contributed by atoms with Crippen LogP contribution in [0.15, 0.2) is 63.5 Å². The van der Waals surface area contributed by atoms with E-state index in [4.69, 9.17) is 5.73 Å². The van der Waals surface area contributed by atoms with E-state index < -0.39 is 0 Å². The Morgan fingerprint density at radius 2 is 1.35 bits per heavy atom. The van der Waals surface area contributed by atoms with Gasteiger partial charge in [0.15, 0.2) is 0 Å². The summed E-state index contributed by atoms with van der Waals surface area (Å²) in [6.45, 7) is 3.85. The van der Waals surface area contributed by atoms with E-state index in [1.807, 2.05) is 68.4 Å². The van der Waals surface area contributed by atoms with Gasteiger partial charge in [0.1, 0.15) is 0 Å². The van der Waals surface area contributed by atoms with Gasteiger partial charge in [-0.05, 0) is 80.1 Å². The fourth-order valence-electron chi connectivity index (χ4n) is 2.82. The summed E-state index contributed by atoms with van der Waals surface area (Å²) in [5, 5.41) is 3.01. The molecule has 0 aliphatic rings. The lowest BCUT2D eigenvalue weighted by molar-refractivity contribution is 0.102. The molecule has 0 radical (unpaired) electrons. The zero-order valence-electron chi connectivity index (χ0n) is 14.4. The molecular weight excluding hydrogens is 456 g/mol. The monoisotopic (exact) mass is 472 g/mol. The summed E-state index contributed by atoms with van der Waals surface area (Å²) >= 11 is 6.98. The molecule has 3 aromatic rings. The molecule has 5 heteroatoms. The van der Waals surface area contributed by atoms with Crippen molar-refractivity contribution in [3.05, 3.63) is 80.2 Å². The van der Waals surface area contributed by atoms with Gasteiger partial charge in [0.2, 0.25) is 0 Å². The molecule has 0 fully saturated rings. The molecule has 26 heavy (non-hydrogen) atoms. The lowest BCUT2D eigenvalue weighted by atomic mass is 10.0. The highest BCUT2D eigenvalue weighted by atomic mass is 79.9. The highest BCUT2D eigenvalue weighted by molar-refractivity contribution is 9.11. The third-order valence-electron chi connectivity index (χ3n) is 4.37. The third-order valence-corrected chi connectivity index (χ3v) is 6.42. The maximum absolute atomic E-state index is 12.7.